The number of ether oxygens (including phenoxy) is 5. The number of phosphoric ester groups is 1. The highest BCUT2D eigenvalue weighted by Crippen LogP contribution is 2.52. The number of carbonyl (C=O) groups is 4. The molecule has 0 spiro atoms. The standard InChI is InChI=1S/C22H37O13P/c1-7-9-11-29-36(27,30-12-10-8-2)35-22-21(33-17(6)26)20(32-16(5)25)19(31-15(4)24)18(34-22)13-28-14(3)23/h18-22H,7-13H2,1-6H3/t18-,19-,20+,21-,22+/m1/s1. The van der Waals surface area contributed by atoms with Gasteiger partial charge in [0, 0.05) is 27.7 Å². The van der Waals surface area contributed by atoms with E-state index in [-0.39, 0.29) is 13.2 Å². The van der Waals surface area contributed by atoms with E-state index in [0.29, 0.717) is 12.8 Å². The highest BCUT2D eigenvalue weighted by Gasteiger charge is 2.54. The van der Waals surface area contributed by atoms with Crippen molar-refractivity contribution in [2.45, 2.75) is 97.9 Å². The SMILES string of the molecule is CCCCOP(=O)(OCCCC)O[C@@H]1O[C@H](COC(C)=O)[C@@H](OC(C)=O)[C@H](OC(C)=O)[C@H]1OC(C)=O. The Balaban J connectivity index is 3.42. The van der Waals surface area contributed by atoms with Gasteiger partial charge in [0.25, 0.3) is 0 Å². The van der Waals surface area contributed by atoms with Crippen molar-refractivity contribution in [1.82, 2.24) is 0 Å². The van der Waals surface area contributed by atoms with Crippen molar-refractivity contribution in [2.75, 3.05) is 19.8 Å². The molecule has 0 unspecified atom stereocenters. The Morgan fingerprint density at radius 1 is 0.722 bits per heavy atom. The van der Waals surface area contributed by atoms with Crippen molar-refractivity contribution < 1.29 is 61.0 Å². The highest BCUT2D eigenvalue weighted by molar-refractivity contribution is 7.48. The summed E-state index contributed by atoms with van der Waals surface area (Å²) in [5.74, 6) is -3.06. The summed E-state index contributed by atoms with van der Waals surface area (Å²) in [6, 6.07) is 0. The molecule has 0 bridgehead atoms. The zero-order valence-corrected chi connectivity index (χ0v) is 22.5. The zero-order valence-electron chi connectivity index (χ0n) is 21.6. The summed E-state index contributed by atoms with van der Waals surface area (Å²) in [6.07, 6.45) is -4.68. The molecule has 0 aromatic carbocycles. The third kappa shape index (κ3) is 11.3. The molecule has 208 valence electrons. The molecule has 1 aliphatic heterocycles. The lowest BCUT2D eigenvalue weighted by molar-refractivity contribution is -0.291. The van der Waals surface area contributed by atoms with E-state index in [1.807, 2.05) is 13.8 Å². The normalized spacial score (nSPS) is 24.0. The number of unbranched alkanes of at least 4 members (excludes halogenated alkanes) is 2. The fourth-order valence-electron chi connectivity index (χ4n) is 3.14. The second-order valence-corrected chi connectivity index (χ2v) is 9.62. The van der Waals surface area contributed by atoms with Crippen LogP contribution in [-0.2, 0) is 61.0 Å². The van der Waals surface area contributed by atoms with Crippen LogP contribution in [0.4, 0.5) is 0 Å². The van der Waals surface area contributed by atoms with Gasteiger partial charge in [0.05, 0.1) is 13.2 Å². The molecule has 0 radical (unpaired) electrons. The summed E-state index contributed by atoms with van der Waals surface area (Å²) < 4.78 is 56.7. The monoisotopic (exact) mass is 540 g/mol. The highest BCUT2D eigenvalue weighted by atomic mass is 31.2. The molecule has 36 heavy (non-hydrogen) atoms. The van der Waals surface area contributed by atoms with E-state index in [9.17, 15) is 23.7 Å². The lowest BCUT2D eigenvalue weighted by Gasteiger charge is -2.44. The van der Waals surface area contributed by atoms with Gasteiger partial charge in [-0.2, -0.15) is 0 Å². The Labute approximate surface area is 211 Å². The number of hydrogen-bond acceptors (Lipinski definition) is 13. The molecule has 1 aliphatic rings. The van der Waals surface area contributed by atoms with Crippen molar-refractivity contribution in [1.29, 1.82) is 0 Å². The van der Waals surface area contributed by atoms with Crippen LogP contribution >= 0.6 is 7.82 Å². The first-order valence-corrected chi connectivity index (χ1v) is 13.3. The molecule has 0 aliphatic carbocycles. The molecule has 0 aromatic rings. The first-order valence-electron chi connectivity index (χ1n) is 11.8. The van der Waals surface area contributed by atoms with Crippen LogP contribution in [0.1, 0.15) is 67.2 Å². The molecule has 1 rings (SSSR count). The fourth-order valence-corrected chi connectivity index (χ4v) is 4.47. The van der Waals surface area contributed by atoms with Crippen LogP contribution in [0, 0.1) is 0 Å². The van der Waals surface area contributed by atoms with Crippen molar-refractivity contribution >= 4 is 31.7 Å². The number of phosphoric acid groups is 1. The van der Waals surface area contributed by atoms with E-state index in [1.54, 1.807) is 0 Å². The minimum atomic E-state index is -4.27. The lowest BCUT2D eigenvalue weighted by atomic mass is 9.98. The topological polar surface area (TPSA) is 159 Å². The van der Waals surface area contributed by atoms with E-state index in [2.05, 4.69) is 0 Å². The van der Waals surface area contributed by atoms with Crippen LogP contribution in [0.5, 0.6) is 0 Å². The largest absolute Gasteiger partial charge is 0.477 e. The fraction of sp³-hybridized carbons (Fsp3) is 0.818. The van der Waals surface area contributed by atoms with Crippen LogP contribution in [0.25, 0.3) is 0 Å². The summed E-state index contributed by atoms with van der Waals surface area (Å²) in [7, 11) is -4.27. The quantitative estimate of drug-likeness (QED) is 0.129. The van der Waals surface area contributed by atoms with Crippen molar-refractivity contribution in [3.8, 4) is 0 Å². The molecule has 14 heteroatoms. The number of carbonyl (C=O) groups excluding carboxylic acids is 4. The first-order chi connectivity index (χ1) is 16.9. The van der Waals surface area contributed by atoms with Crippen LogP contribution in [0.2, 0.25) is 0 Å². The third-order valence-corrected chi connectivity index (χ3v) is 6.14. The van der Waals surface area contributed by atoms with Gasteiger partial charge < -0.3 is 23.7 Å². The number of hydrogen-bond donors (Lipinski definition) is 0. The lowest BCUT2D eigenvalue weighted by Crippen LogP contribution is -2.62. The van der Waals surface area contributed by atoms with E-state index >= 15 is 0 Å². The van der Waals surface area contributed by atoms with Crippen molar-refractivity contribution in [3.63, 3.8) is 0 Å². The second kappa shape index (κ2) is 15.9. The average molecular weight is 540 g/mol. The molecule has 1 heterocycles. The van der Waals surface area contributed by atoms with Crippen LogP contribution < -0.4 is 0 Å². The van der Waals surface area contributed by atoms with Crippen LogP contribution in [0.15, 0.2) is 0 Å². The number of rotatable bonds is 15. The zero-order chi connectivity index (χ0) is 27.3. The second-order valence-electron chi connectivity index (χ2n) is 7.99. The maximum atomic E-state index is 13.5. The van der Waals surface area contributed by atoms with Gasteiger partial charge in [-0.1, -0.05) is 26.7 Å². The molecule has 0 aromatic heterocycles. The Morgan fingerprint density at radius 3 is 1.64 bits per heavy atom. The van der Waals surface area contributed by atoms with Crippen molar-refractivity contribution in [2.24, 2.45) is 0 Å². The maximum Gasteiger partial charge on any atom is 0.477 e. The molecule has 0 amide bonds. The van der Waals surface area contributed by atoms with Gasteiger partial charge in [-0.25, -0.2) is 4.57 Å². The molecule has 13 nitrogen and oxygen atoms in total. The molecule has 0 N–H and O–H groups in total. The van der Waals surface area contributed by atoms with Gasteiger partial charge >= 0.3 is 31.7 Å². The Hall–Kier alpha value is -2.05. The summed E-state index contributed by atoms with van der Waals surface area (Å²) in [5.41, 5.74) is 0. The summed E-state index contributed by atoms with van der Waals surface area (Å²) in [5, 5.41) is 0. The molecule has 1 fully saturated rings. The van der Waals surface area contributed by atoms with Crippen LogP contribution in [-0.4, -0.2) is 74.4 Å². The molecular weight excluding hydrogens is 503 g/mol. The van der Waals surface area contributed by atoms with E-state index in [0.717, 1.165) is 40.5 Å². The first kappa shape index (κ1) is 32.0. The summed E-state index contributed by atoms with van der Waals surface area (Å²) in [6.45, 7) is 7.90. The van der Waals surface area contributed by atoms with E-state index in [1.165, 1.54) is 0 Å². The van der Waals surface area contributed by atoms with Gasteiger partial charge in [0.2, 0.25) is 6.29 Å². The summed E-state index contributed by atoms with van der Waals surface area (Å²) >= 11 is 0. The minimum Gasteiger partial charge on any atom is -0.463 e. The van der Waals surface area contributed by atoms with E-state index in [4.69, 9.17) is 37.3 Å². The number of esters is 4. The van der Waals surface area contributed by atoms with Gasteiger partial charge in [-0.05, 0) is 12.8 Å². The average Bonchev–Trinajstić information content (AvgIpc) is 2.76. The predicted octanol–water partition coefficient (Wildman–Crippen LogP) is 2.83. The summed E-state index contributed by atoms with van der Waals surface area (Å²) in [4.78, 5) is 47.1. The van der Waals surface area contributed by atoms with E-state index < -0.39 is 69.0 Å². The maximum absolute atomic E-state index is 13.5. The van der Waals surface area contributed by atoms with Gasteiger partial charge in [-0.15, -0.1) is 0 Å². The third-order valence-electron chi connectivity index (χ3n) is 4.68. The van der Waals surface area contributed by atoms with Gasteiger partial charge in [0.15, 0.2) is 18.3 Å². The van der Waals surface area contributed by atoms with Gasteiger partial charge in [0.1, 0.15) is 12.7 Å². The molecular formula is C22H37O13P. The molecule has 1 saturated heterocycles. The molecule has 0 saturated carbocycles. The molecule has 5 atom stereocenters. The minimum absolute atomic E-state index is 0.0468. The van der Waals surface area contributed by atoms with Crippen molar-refractivity contribution in [3.05, 3.63) is 0 Å². The Morgan fingerprint density at radius 2 is 1.19 bits per heavy atom. The smallest absolute Gasteiger partial charge is 0.463 e. The predicted molar refractivity (Wildman–Crippen MR) is 122 cm³/mol. The Kier molecular flexibility index (Phi) is 14.2. The van der Waals surface area contributed by atoms with Gasteiger partial charge in [-0.3, -0.25) is 32.7 Å². The Bertz CT molecular complexity index is 772. The van der Waals surface area contributed by atoms with Crippen LogP contribution in [0.3, 0.4) is 0 Å².